The molecule has 0 radical (unpaired) electrons. The molecule has 0 saturated heterocycles. The van der Waals surface area contributed by atoms with Crippen LogP contribution < -0.4 is 0 Å². The van der Waals surface area contributed by atoms with E-state index in [0.29, 0.717) is 21.3 Å². The van der Waals surface area contributed by atoms with Crippen LogP contribution in [0.5, 0.6) is 0 Å². The van der Waals surface area contributed by atoms with Gasteiger partial charge in [-0.05, 0) is 32.0 Å². The molecule has 0 saturated carbocycles. The fourth-order valence-electron chi connectivity index (χ4n) is 1.89. The van der Waals surface area contributed by atoms with Crippen LogP contribution in [0.4, 0.5) is 0 Å². The molecule has 19 heavy (non-hydrogen) atoms. The van der Waals surface area contributed by atoms with E-state index in [1.165, 1.54) is 0 Å². The number of benzene rings is 1. The first-order chi connectivity index (χ1) is 8.91. The molecule has 2 aromatic rings. The molecule has 1 aromatic carbocycles. The second kappa shape index (κ2) is 5.83. The predicted octanol–water partition coefficient (Wildman–Crippen LogP) is 4.62. The van der Waals surface area contributed by atoms with Crippen molar-refractivity contribution in [1.82, 2.24) is 9.78 Å². The summed E-state index contributed by atoms with van der Waals surface area (Å²) >= 11 is 15.5. The van der Waals surface area contributed by atoms with Gasteiger partial charge < -0.3 is 5.11 Å². The standard InChI is InChI=1S/C13H13BrCl2N2O/c1-7(2)18-12(11(16)6-17-18)13(19)9-5-8(15)3-4-10(9)14/h3-7,13,19H,1-2H3. The molecule has 0 aliphatic rings. The van der Waals surface area contributed by atoms with Gasteiger partial charge in [0.05, 0.1) is 16.9 Å². The van der Waals surface area contributed by atoms with Crippen molar-refractivity contribution in [3.8, 4) is 0 Å². The van der Waals surface area contributed by atoms with Crippen LogP contribution in [-0.2, 0) is 0 Å². The highest BCUT2D eigenvalue weighted by molar-refractivity contribution is 9.10. The molecule has 3 nitrogen and oxygen atoms in total. The molecule has 102 valence electrons. The molecule has 0 bridgehead atoms. The van der Waals surface area contributed by atoms with E-state index in [9.17, 15) is 5.11 Å². The first-order valence-electron chi connectivity index (χ1n) is 5.77. The van der Waals surface area contributed by atoms with Gasteiger partial charge in [-0.15, -0.1) is 0 Å². The molecule has 1 aromatic heterocycles. The van der Waals surface area contributed by atoms with E-state index in [4.69, 9.17) is 23.2 Å². The molecule has 1 atom stereocenters. The Morgan fingerprint density at radius 1 is 1.32 bits per heavy atom. The van der Waals surface area contributed by atoms with Crippen LogP contribution in [0.1, 0.15) is 37.3 Å². The molecule has 2 rings (SSSR count). The Labute approximate surface area is 130 Å². The van der Waals surface area contributed by atoms with Crippen molar-refractivity contribution in [2.75, 3.05) is 0 Å². The van der Waals surface area contributed by atoms with Crippen molar-refractivity contribution in [2.24, 2.45) is 0 Å². The number of nitrogens with zero attached hydrogens (tertiary/aromatic N) is 2. The highest BCUT2D eigenvalue weighted by Crippen LogP contribution is 2.34. The lowest BCUT2D eigenvalue weighted by Gasteiger charge is -2.18. The van der Waals surface area contributed by atoms with Gasteiger partial charge in [-0.3, -0.25) is 4.68 Å². The fraction of sp³-hybridized carbons (Fsp3) is 0.308. The van der Waals surface area contributed by atoms with Gasteiger partial charge in [0.25, 0.3) is 0 Å². The van der Waals surface area contributed by atoms with Crippen molar-refractivity contribution in [1.29, 1.82) is 0 Å². The van der Waals surface area contributed by atoms with Crippen LogP contribution in [0, 0.1) is 0 Å². The molecule has 0 fully saturated rings. The summed E-state index contributed by atoms with van der Waals surface area (Å²) in [6.45, 7) is 3.96. The highest BCUT2D eigenvalue weighted by atomic mass is 79.9. The lowest BCUT2D eigenvalue weighted by atomic mass is 10.1. The molecule has 0 aliphatic carbocycles. The van der Waals surface area contributed by atoms with Crippen LogP contribution >= 0.6 is 39.1 Å². The Bertz CT molecular complexity index is 598. The summed E-state index contributed by atoms with van der Waals surface area (Å²) in [6, 6.07) is 5.37. The zero-order valence-electron chi connectivity index (χ0n) is 10.4. The number of aliphatic hydroxyl groups is 1. The Morgan fingerprint density at radius 2 is 2.00 bits per heavy atom. The topological polar surface area (TPSA) is 38.0 Å². The van der Waals surface area contributed by atoms with Crippen LogP contribution in [0.3, 0.4) is 0 Å². The number of aromatic nitrogens is 2. The minimum atomic E-state index is -0.884. The predicted molar refractivity (Wildman–Crippen MR) is 80.8 cm³/mol. The maximum atomic E-state index is 10.6. The third-order valence-corrected chi connectivity index (χ3v) is 4.04. The van der Waals surface area contributed by atoms with Gasteiger partial charge in [-0.2, -0.15) is 5.10 Å². The molecule has 1 heterocycles. The average Bonchev–Trinajstić information content (AvgIpc) is 2.73. The minimum absolute atomic E-state index is 0.107. The zero-order valence-corrected chi connectivity index (χ0v) is 13.5. The summed E-state index contributed by atoms with van der Waals surface area (Å²) in [7, 11) is 0. The molecule has 0 aliphatic heterocycles. The maximum Gasteiger partial charge on any atom is 0.123 e. The van der Waals surface area contributed by atoms with Gasteiger partial charge in [0.2, 0.25) is 0 Å². The lowest BCUT2D eigenvalue weighted by Crippen LogP contribution is -2.13. The first-order valence-corrected chi connectivity index (χ1v) is 7.32. The van der Waals surface area contributed by atoms with Crippen LogP contribution in [0.25, 0.3) is 0 Å². The molecule has 6 heteroatoms. The van der Waals surface area contributed by atoms with Gasteiger partial charge in [0.1, 0.15) is 6.10 Å². The summed E-state index contributed by atoms with van der Waals surface area (Å²) in [5.74, 6) is 0. The lowest BCUT2D eigenvalue weighted by molar-refractivity contribution is 0.204. The largest absolute Gasteiger partial charge is 0.382 e. The highest BCUT2D eigenvalue weighted by Gasteiger charge is 2.23. The van der Waals surface area contributed by atoms with E-state index in [2.05, 4.69) is 21.0 Å². The van der Waals surface area contributed by atoms with Crippen molar-refractivity contribution >= 4 is 39.1 Å². The van der Waals surface area contributed by atoms with Gasteiger partial charge in [-0.25, -0.2) is 0 Å². The van der Waals surface area contributed by atoms with Crippen LogP contribution in [0.15, 0.2) is 28.9 Å². The van der Waals surface area contributed by atoms with Crippen molar-refractivity contribution in [3.63, 3.8) is 0 Å². The number of rotatable bonds is 3. The maximum absolute atomic E-state index is 10.6. The summed E-state index contributed by atoms with van der Waals surface area (Å²) in [4.78, 5) is 0. The summed E-state index contributed by atoms with van der Waals surface area (Å²) in [6.07, 6.45) is 0.656. The summed E-state index contributed by atoms with van der Waals surface area (Å²) < 4.78 is 2.48. The fourth-order valence-corrected chi connectivity index (χ4v) is 2.77. The van der Waals surface area contributed by atoms with Gasteiger partial charge in [0.15, 0.2) is 0 Å². The van der Waals surface area contributed by atoms with Crippen molar-refractivity contribution < 1.29 is 5.11 Å². The average molecular weight is 364 g/mol. The molecular weight excluding hydrogens is 351 g/mol. The van der Waals surface area contributed by atoms with Gasteiger partial charge >= 0.3 is 0 Å². The molecule has 1 unspecified atom stereocenters. The molecule has 1 N–H and O–H groups in total. The van der Waals surface area contributed by atoms with Gasteiger partial charge in [-0.1, -0.05) is 39.1 Å². The van der Waals surface area contributed by atoms with Gasteiger partial charge in [0, 0.05) is 21.1 Å². The number of hydrogen-bond acceptors (Lipinski definition) is 2. The summed E-state index contributed by atoms with van der Waals surface area (Å²) in [5.41, 5.74) is 1.23. The van der Waals surface area contributed by atoms with E-state index in [1.54, 1.807) is 29.1 Å². The summed E-state index contributed by atoms with van der Waals surface area (Å²) in [5, 5.41) is 15.8. The second-order valence-corrected chi connectivity index (χ2v) is 6.18. The van der Waals surface area contributed by atoms with Crippen LogP contribution in [0.2, 0.25) is 10.0 Å². The minimum Gasteiger partial charge on any atom is -0.382 e. The normalized spacial score (nSPS) is 13.0. The zero-order chi connectivity index (χ0) is 14.2. The first kappa shape index (κ1) is 14.9. The Kier molecular flexibility index (Phi) is 4.56. The Hall–Kier alpha value is -0.550. The second-order valence-electron chi connectivity index (χ2n) is 4.48. The molecule has 0 spiro atoms. The van der Waals surface area contributed by atoms with E-state index in [-0.39, 0.29) is 6.04 Å². The van der Waals surface area contributed by atoms with E-state index in [1.807, 2.05) is 13.8 Å². The van der Waals surface area contributed by atoms with E-state index in [0.717, 1.165) is 4.47 Å². The number of aliphatic hydroxyl groups excluding tert-OH is 1. The SMILES string of the molecule is CC(C)n1ncc(Cl)c1C(O)c1cc(Cl)ccc1Br. The van der Waals surface area contributed by atoms with Crippen molar-refractivity contribution in [2.45, 2.75) is 26.0 Å². The van der Waals surface area contributed by atoms with E-state index < -0.39 is 6.10 Å². The Morgan fingerprint density at radius 3 is 2.63 bits per heavy atom. The Balaban J connectivity index is 2.52. The quantitative estimate of drug-likeness (QED) is 0.864. The number of halogens is 3. The van der Waals surface area contributed by atoms with Crippen LogP contribution in [-0.4, -0.2) is 14.9 Å². The van der Waals surface area contributed by atoms with Crippen molar-refractivity contribution in [3.05, 3.63) is 50.2 Å². The smallest absolute Gasteiger partial charge is 0.123 e. The monoisotopic (exact) mass is 362 g/mol. The molecular formula is C13H13BrCl2N2O. The third kappa shape index (κ3) is 2.97. The van der Waals surface area contributed by atoms with E-state index >= 15 is 0 Å². The number of hydrogen-bond donors (Lipinski definition) is 1. The third-order valence-electron chi connectivity index (χ3n) is 2.79. The molecule has 0 amide bonds.